The summed E-state index contributed by atoms with van der Waals surface area (Å²) in [6.07, 6.45) is 0.487. The summed E-state index contributed by atoms with van der Waals surface area (Å²) < 4.78 is 36.8. The van der Waals surface area contributed by atoms with E-state index >= 15 is 0 Å². The van der Waals surface area contributed by atoms with Crippen LogP contribution in [0.15, 0.2) is 18.2 Å². The van der Waals surface area contributed by atoms with Gasteiger partial charge in [0.25, 0.3) is 0 Å². The highest BCUT2D eigenvalue weighted by molar-refractivity contribution is 7.91. The molecule has 1 atom stereocenters. The first kappa shape index (κ1) is 17.2. The summed E-state index contributed by atoms with van der Waals surface area (Å²) >= 11 is 5.77. The Balaban J connectivity index is 2.00. The molecule has 1 aliphatic heterocycles. The summed E-state index contributed by atoms with van der Waals surface area (Å²) in [5.74, 6) is -0.790. The second-order valence-electron chi connectivity index (χ2n) is 5.43. The Kier molecular flexibility index (Phi) is 5.41. The van der Waals surface area contributed by atoms with Crippen LogP contribution in [0.25, 0.3) is 0 Å². The van der Waals surface area contributed by atoms with E-state index in [1.165, 1.54) is 18.2 Å². The van der Waals surface area contributed by atoms with E-state index in [4.69, 9.17) is 11.6 Å². The molecule has 0 spiro atoms. The van der Waals surface area contributed by atoms with Crippen molar-refractivity contribution in [1.29, 1.82) is 0 Å². The molecule has 1 aliphatic rings. The van der Waals surface area contributed by atoms with Gasteiger partial charge in [0.05, 0.1) is 23.7 Å². The number of nitrogens with one attached hydrogen (secondary N) is 1. The van der Waals surface area contributed by atoms with Gasteiger partial charge >= 0.3 is 0 Å². The standard InChI is InChI=1S/C14H18ClFN2O3S/c1-10-4-6-22(20,21)7-5-18(10)9-14(19)17-13-8-11(15)2-3-12(13)16/h2-3,8,10H,4-7,9H2,1H3,(H,17,19)/t10-/m1/s1. The van der Waals surface area contributed by atoms with E-state index in [2.05, 4.69) is 5.32 Å². The molecule has 0 aromatic heterocycles. The van der Waals surface area contributed by atoms with Crippen molar-refractivity contribution in [1.82, 2.24) is 4.90 Å². The summed E-state index contributed by atoms with van der Waals surface area (Å²) in [4.78, 5) is 13.8. The zero-order valence-electron chi connectivity index (χ0n) is 12.2. The minimum atomic E-state index is -3.04. The van der Waals surface area contributed by atoms with Gasteiger partial charge in [-0.2, -0.15) is 0 Å². The molecule has 0 aliphatic carbocycles. The second-order valence-corrected chi connectivity index (χ2v) is 8.17. The summed E-state index contributed by atoms with van der Waals surface area (Å²) in [7, 11) is -3.04. The summed E-state index contributed by atoms with van der Waals surface area (Å²) in [5, 5.41) is 2.80. The van der Waals surface area contributed by atoms with Gasteiger partial charge in [0.15, 0.2) is 9.84 Å². The topological polar surface area (TPSA) is 66.5 Å². The van der Waals surface area contributed by atoms with Crippen LogP contribution in [0.5, 0.6) is 0 Å². The van der Waals surface area contributed by atoms with Crippen molar-refractivity contribution in [2.75, 3.05) is 29.9 Å². The number of sulfone groups is 1. The first-order valence-corrected chi connectivity index (χ1v) is 9.16. The van der Waals surface area contributed by atoms with E-state index in [9.17, 15) is 17.6 Å². The Morgan fingerprint density at radius 3 is 2.91 bits per heavy atom. The quantitative estimate of drug-likeness (QED) is 0.906. The van der Waals surface area contributed by atoms with Crippen molar-refractivity contribution in [2.24, 2.45) is 0 Å². The minimum absolute atomic E-state index is 0.0165. The molecule has 0 bridgehead atoms. The van der Waals surface area contributed by atoms with Gasteiger partial charge in [0.2, 0.25) is 5.91 Å². The maximum Gasteiger partial charge on any atom is 0.238 e. The molecule has 122 valence electrons. The van der Waals surface area contributed by atoms with Crippen molar-refractivity contribution in [3.63, 3.8) is 0 Å². The fraction of sp³-hybridized carbons (Fsp3) is 0.500. The molecule has 1 aromatic carbocycles. The van der Waals surface area contributed by atoms with Crippen LogP contribution in [-0.4, -0.2) is 49.9 Å². The van der Waals surface area contributed by atoms with E-state index < -0.39 is 21.6 Å². The first-order chi connectivity index (χ1) is 10.3. The van der Waals surface area contributed by atoms with Crippen LogP contribution >= 0.6 is 11.6 Å². The maximum atomic E-state index is 13.6. The van der Waals surface area contributed by atoms with Gasteiger partial charge in [0.1, 0.15) is 5.82 Å². The number of carbonyl (C=O) groups is 1. The highest BCUT2D eigenvalue weighted by Crippen LogP contribution is 2.20. The van der Waals surface area contributed by atoms with Gasteiger partial charge in [0, 0.05) is 17.6 Å². The number of hydrogen-bond acceptors (Lipinski definition) is 4. The number of nitrogens with zero attached hydrogens (tertiary/aromatic N) is 1. The van der Waals surface area contributed by atoms with Crippen LogP contribution < -0.4 is 5.32 Å². The average molecular weight is 349 g/mol. The zero-order valence-corrected chi connectivity index (χ0v) is 13.8. The smallest absolute Gasteiger partial charge is 0.238 e. The summed E-state index contributed by atoms with van der Waals surface area (Å²) in [6, 6.07) is 3.89. The predicted molar refractivity (Wildman–Crippen MR) is 84.3 cm³/mol. The van der Waals surface area contributed by atoms with Gasteiger partial charge in [-0.25, -0.2) is 12.8 Å². The van der Waals surface area contributed by atoms with Crippen molar-refractivity contribution in [3.8, 4) is 0 Å². The summed E-state index contributed by atoms with van der Waals surface area (Å²) in [5.41, 5.74) is 0.0209. The molecule has 5 nitrogen and oxygen atoms in total. The van der Waals surface area contributed by atoms with E-state index in [0.29, 0.717) is 18.0 Å². The van der Waals surface area contributed by atoms with Crippen LogP contribution in [0.1, 0.15) is 13.3 Å². The predicted octanol–water partition coefficient (Wildman–Crippen LogP) is 1.93. The lowest BCUT2D eigenvalue weighted by molar-refractivity contribution is -0.117. The van der Waals surface area contributed by atoms with Crippen molar-refractivity contribution in [3.05, 3.63) is 29.0 Å². The third-order valence-corrected chi connectivity index (χ3v) is 5.61. The lowest BCUT2D eigenvalue weighted by Gasteiger charge is -2.25. The van der Waals surface area contributed by atoms with Crippen LogP contribution in [-0.2, 0) is 14.6 Å². The number of benzene rings is 1. The van der Waals surface area contributed by atoms with Crippen LogP contribution in [0, 0.1) is 5.82 Å². The van der Waals surface area contributed by atoms with Gasteiger partial charge in [-0.05, 0) is 31.5 Å². The van der Waals surface area contributed by atoms with Gasteiger partial charge in [-0.3, -0.25) is 9.69 Å². The minimum Gasteiger partial charge on any atom is -0.322 e. The normalized spacial score (nSPS) is 22.0. The molecule has 0 radical (unpaired) electrons. The Labute approximate surface area is 134 Å². The fourth-order valence-corrected chi connectivity index (χ4v) is 3.90. The second kappa shape index (κ2) is 6.93. The number of carbonyl (C=O) groups excluding carboxylic acids is 1. The van der Waals surface area contributed by atoms with Gasteiger partial charge in [-0.1, -0.05) is 11.6 Å². The summed E-state index contributed by atoms with van der Waals surface area (Å²) in [6.45, 7) is 2.20. The monoisotopic (exact) mass is 348 g/mol. The maximum absolute atomic E-state index is 13.6. The number of rotatable bonds is 3. The van der Waals surface area contributed by atoms with E-state index in [0.717, 1.165) is 0 Å². The number of halogens is 2. The van der Waals surface area contributed by atoms with Crippen LogP contribution in [0.2, 0.25) is 5.02 Å². The molecular weight excluding hydrogens is 331 g/mol. The molecule has 8 heteroatoms. The lowest BCUT2D eigenvalue weighted by Crippen LogP contribution is -2.40. The molecular formula is C14H18ClFN2O3S. The number of hydrogen-bond donors (Lipinski definition) is 1. The van der Waals surface area contributed by atoms with Crippen molar-refractivity contribution >= 4 is 33.0 Å². The molecule has 2 rings (SSSR count). The highest BCUT2D eigenvalue weighted by Gasteiger charge is 2.25. The lowest BCUT2D eigenvalue weighted by atomic mass is 10.2. The van der Waals surface area contributed by atoms with Crippen LogP contribution in [0.3, 0.4) is 0 Å². The van der Waals surface area contributed by atoms with Gasteiger partial charge < -0.3 is 5.32 Å². The molecule has 1 saturated heterocycles. The number of anilines is 1. The SMILES string of the molecule is C[C@@H]1CCS(=O)(=O)CCN1CC(=O)Nc1cc(Cl)ccc1F. The highest BCUT2D eigenvalue weighted by atomic mass is 35.5. The Morgan fingerprint density at radius 1 is 1.45 bits per heavy atom. The molecule has 1 heterocycles. The largest absolute Gasteiger partial charge is 0.322 e. The third kappa shape index (κ3) is 4.66. The van der Waals surface area contributed by atoms with E-state index in [1.54, 1.807) is 4.90 Å². The third-order valence-electron chi connectivity index (χ3n) is 3.71. The van der Waals surface area contributed by atoms with E-state index in [-0.39, 0.29) is 29.8 Å². The number of amides is 1. The Morgan fingerprint density at radius 2 is 2.18 bits per heavy atom. The molecule has 1 aromatic rings. The fourth-order valence-electron chi connectivity index (χ4n) is 2.31. The first-order valence-electron chi connectivity index (χ1n) is 6.96. The molecule has 0 saturated carbocycles. The molecule has 22 heavy (non-hydrogen) atoms. The van der Waals surface area contributed by atoms with Crippen LogP contribution in [0.4, 0.5) is 10.1 Å². The molecule has 1 amide bonds. The molecule has 0 unspecified atom stereocenters. The molecule has 1 fully saturated rings. The zero-order chi connectivity index (χ0) is 16.3. The van der Waals surface area contributed by atoms with Crippen molar-refractivity contribution in [2.45, 2.75) is 19.4 Å². The van der Waals surface area contributed by atoms with Crippen molar-refractivity contribution < 1.29 is 17.6 Å². The Hall–Kier alpha value is -1.18. The van der Waals surface area contributed by atoms with Gasteiger partial charge in [-0.15, -0.1) is 0 Å². The molecule has 1 N–H and O–H groups in total. The Bertz CT molecular complexity index is 666. The van der Waals surface area contributed by atoms with E-state index in [1.807, 2.05) is 6.92 Å². The average Bonchev–Trinajstić information content (AvgIpc) is 2.56.